The maximum absolute atomic E-state index is 4.40. The molecule has 1 heterocycles. The van der Waals surface area contributed by atoms with Gasteiger partial charge in [-0.1, -0.05) is 31.2 Å². The summed E-state index contributed by atoms with van der Waals surface area (Å²) in [4.78, 5) is 4.40. The molecule has 2 aromatic rings. The number of aromatic nitrogens is 1. The van der Waals surface area contributed by atoms with Crippen molar-refractivity contribution in [3.8, 4) is 0 Å². The molecule has 0 spiro atoms. The number of hydrogen-bond acceptors (Lipinski definition) is 1. The molecule has 0 N–H and O–H groups in total. The van der Waals surface area contributed by atoms with Crippen LogP contribution in [0.2, 0.25) is 0 Å². The second-order valence-corrected chi connectivity index (χ2v) is 3.58. The largest absolute Gasteiger partial charge is 0.256 e. The summed E-state index contributed by atoms with van der Waals surface area (Å²) >= 11 is 0. The number of fused-ring (bicyclic) bond motifs is 1. The zero-order valence-corrected chi connectivity index (χ0v) is 7.99. The lowest BCUT2D eigenvalue weighted by molar-refractivity contribution is 1.09. The summed E-state index contributed by atoms with van der Waals surface area (Å²) in [7, 11) is 2.20. The number of para-hydroxylation sites is 1. The summed E-state index contributed by atoms with van der Waals surface area (Å²) < 4.78 is 0. The van der Waals surface area contributed by atoms with E-state index in [0.717, 1.165) is 5.52 Å². The first kappa shape index (κ1) is 8.30. The Morgan fingerprint density at radius 2 is 2.00 bits per heavy atom. The maximum Gasteiger partial charge on any atom is 0.110 e. The molecule has 1 aromatic carbocycles. The van der Waals surface area contributed by atoms with Crippen molar-refractivity contribution < 1.29 is 0 Å². The van der Waals surface area contributed by atoms with Gasteiger partial charge in [-0.3, -0.25) is 4.98 Å². The molecule has 2 rings (SSSR count). The highest BCUT2D eigenvalue weighted by atomic mass is 14.6. The van der Waals surface area contributed by atoms with Crippen LogP contribution in [-0.4, -0.2) is 12.8 Å². The zero-order valence-electron chi connectivity index (χ0n) is 7.99. The number of hydrogen-bond donors (Lipinski definition) is 0. The van der Waals surface area contributed by atoms with Crippen LogP contribution in [0.3, 0.4) is 0 Å². The third-order valence-corrected chi connectivity index (χ3v) is 2.29. The number of pyridine rings is 1. The smallest absolute Gasteiger partial charge is 0.110 e. The van der Waals surface area contributed by atoms with Crippen molar-refractivity contribution in [1.82, 2.24) is 4.98 Å². The minimum atomic E-state index is 0.540. The van der Waals surface area contributed by atoms with Gasteiger partial charge >= 0.3 is 0 Å². The lowest BCUT2D eigenvalue weighted by atomic mass is 9.82. The normalized spacial score (nSPS) is 13.0. The second kappa shape index (κ2) is 3.21. The van der Waals surface area contributed by atoms with Crippen LogP contribution in [0, 0.1) is 0 Å². The molecule has 0 aliphatic heterocycles. The van der Waals surface area contributed by atoms with Gasteiger partial charge in [0, 0.05) is 11.6 Å². The Balaban J connectivity index is 2.76. The van der Waals surface area contributed by atoms with E-state index in [1.54, 1.807) is 0 Å². The van der Waals surface area contributed by atoms with Gasteiger partial charge in [0.05, 0.1) is 5.52 Å². The lowest BCUT2D eigenvalue weighted by Crippen LogP contribution is -1.94. The fourth-order valence-electron chi connectivity index (χ4n) is 1.59. The van der Waals surface area contributed by atoms with Crippen LogP contribution in [0.25, 0.3) is 10.9 Å². The van der Waals surface area contributed by atoms with Crippen LogP contribution in [0.1, 0.15) is 18.3 Å². The molecule has 0 amide bonds. The molecule has 0 aliphatic rings. The van der Waals surface area contributed by atoms with Crippen molar-refractivity contribution in [3.05, 3.63) is 42.1 Å². The van der Waals surface area contributed by atoms with Gasteiger partial charge in [0.1, 0.15) is 7.85 Å². The van der Waals surface area contributed by atoms with Crippen LogP contribution < -0.4 is 0 Å². The minimum absolute atomic E-state index is 0.540. The summed E-state index contributed by atoms with van der Waals surface area (Å²) in [5.74, 6) is 0.540. The third-order valence-electron chi connectivity index (χ3n) is 2.29. The molecule has 13 heavy (non-hydrogen) atoms. The summed E-state index contributed by atoms with van der Waals surface area (Å²) in [6, 6.07) is 10.4. The van der Waals surface area contributed by atoms with E-state index in [1.807, 2.05) is 12.3 Å². The van der Waals surface area contributed by atoms with E-state index in [0.29, 0.717) is 5.82 Å². The van der Waals surface area contributed by atoms with Crippen LogP contribution in [-0.2, 0) is 0 Å². The molecule has 1 unspecified atom stereocenters. The van der Waals surface area contributed by atoms with Crippen molar-refractivity contribution in [2.45, 2.75) is 12.7 Å². The lowest BCUT2D eigenvalue weighted by Gasteiger charge is -2.07. The highest BCUT2D eigenvalue weighted by Crippen LogP contribution is 2.21. The highest BCUT2D eigenvalue weighted by molar-refractivity contribution is 6.13. The first-order chi connectivity index (χ1) is 6.29. The fourth-order valence-corrected chi connectivity index (χ4v) is 1.59. The highest BCUT2D eigenvalue weighted by Gasteiger charge is 2.04. The molecule has 64 valence electrons. The van der Waals surface area contributed by atoms with Gasteiger partial charge in [0.2, 0.25) is 0 Å². The number of nitrogens with zero attached hydrogens (tertiary/aromatic N) is 1. The predicted octanol–water partition coefficient (Wildman–Crippen LogP) is 1.93. The molecule has 1 atom stereocenters. The quantitative estimate of drug-likeness (QED) is 0.594. The van der Waals surface area contributed by atoms with Gasteiger partial charge in [0.25, 0.3) is 0 Å². The molecular weight excluding hydrogens is 157 g/mol. The summed E-state index contributed by atoms with van der Waals surface area (Å²) in [6.07, 6.45) is 1.86. The maximum atomic E-state index is 4.40. The second-order valence-electron chi connectivity index (χ2n) is 3.58. The molecule has 1 nitrogen and oxygen atoms in total. The molecule has 0 fully saturated rings. The van der Waals surface area contributed by atoms with Crippen molar-refractivity contribution in [2.24, 2.45) is 0 Å². The van der Waals surface area contributed by atoms with Gasteiger partial charge in [-0.2, -0.15) is 0 Å². The molecule has 0 radical (unpaired) electrons. The van der Waals surface area contributed by atoms with E-state index in [-0.39, 0.29) is 0 Å². The molecule has 0 saturated carbocycles. The molecular formula is C11H12BN. The summed E-state index contributed by atoms with van der Waals surface area (Å²) in [5.41, 5.74) is 2.47. The van der Waals surface area contributed by atoms with E-state index in [1.165, 1.54) is 10.9 Å². The summed E-state index contributed by atoms with van der Waals surface area (Å²) in [5, 5.41) is 1.23. The van der Waals surface area contributed by atoms with Crippen molar-refractivity contribution >= 4 is 18.7 Å². The van der Waals surface area contributed by atoms with Gasteiger partial charge in [0.15, 0.2) is 0 Å². The van der Waals surface area contributed by atoms with Gasteiger partial charge in [-0.15, -0.1) is 0 Å². The van der Waals surface area contributed by atoms with E-state index in [4.69, 9.17) is 0 Å². The Morgan fingerprint density at radius 3 is 2.77 bits per heavy atom. The standard InChI is InChI=1S/C11H12BN/c1-8(12)10-6-2-4-9-5-3-7-13-11(9)10/h2-8H,12H2,1H3. The van der Waals surface area contributed by atoms with E-state index in [2.05, 4.69) is 44.0 Å². The number of benzene rings is 1. The van der Waals surface area contributed by atoms with Crippen LogP contribution in [0.15, 0.2) is 36.5 Å². The zero-order chi connectivity index (χ0) is 9.26. The Labute approximate surface area is 79.2 Å². The summed E-state index contributed by atoms with van der Waals surface area (Å²) in [6.45, 7) is 2.20. The first-order valence-electron chi connectivity index (χ1n) is 4.62. The van der Waals surface area contributed by atoms with E-state index >= 15 is 0 Å². The Kier molecular flexibility index (Phi) is 2.05. The van der Waals surface area contributed by atoms with E-state index < -0.39 is 0 Å². The fraction of sp³-hybridized carbons (Fsp3) is 0.182. The Bertz CT molecular complexity index is 418. The Hall–Kier alpha value is -1.31. The predicted molar refractivity (Wildman–Crippen MR) is 58.7 cm³/mol. The van der Waals surface area contributed by atoms with Crippen LogP contribution in [0.5, 0.6) is 0 Å². The minimum Gasteiger partial charge on any atom is -0.256 e. The average molecular weight is 169 g/mol. The molecule has 0 bridgehead atoms. The van der Waals surface area contributed by atoms with Gasteiger partial charge < -0.3 is 0 Å². The van der Waals surface area contributed by atoms with Crippen molar-refractivity contribution in [1.29, 1.82) is 0 Å². The number of rotatable bonds is 1. The van der Waals surface area contributed by atoms with Gasteiger partial charge in [-0.25, -0.2) is 0 Å². The first-order valence-corrected chi connectivity index (χ1v) is 4.62. The molecule has 0 aliphatic carbocycles. The Morgan fingerprint density at radius 1 is 1.23 bits per heavy atom. The molecule has 2 heteroatoms. The molecule has 1 aromatic heterocycles. The topological polar surface area (TPSA) is 12.9 Å². The third kappa shape index (κ3) is 1.44. The van der Waals surface area contributed by atoms with Crippen molar-refractivity contribution in [3.63, 3.8) is 0 Å². The molecule has 0 saturated heterocycles. The van der Waals surface area contributed by atoms with Crippen molar-refractivity contribution in [2.75, 3.05) is 0 Å². The van der Waals surface area contributed by atoms with Crippen LogP contribution >= 0.6 is 0 Å². The SMILES string of the molecule is BC(C)c1cccc2cccnc12. The monoisotopic (exact) mass is 169 g/mol. The van der Waals surface area contributed by atoms with E-state index in [9.17, 15) is 0 Å². The average Bonchev–Trinajstić information content (AvgIpc) is 2.17. The van der Waals surface area contributed by atoms with Gasteiger partial charge in [-0.05, 0) is 17.4 Å². The van der Waals surface area contributed by atoms with Crippen LogP contribution in [0.4, 0.5) is 0 Å².